The largest absolute Gasteiger partial charge is 0.433 e. The second kappa shape index (κ2) is 7.28. The van der Waals surface area contributed by atoms with Crippen LogP contribution in [0.2, 0.25) is 0 Å². The lowest BCUT2D eigenvalue weighted by atomic mass is 10.1. The number of hydrogen-bond acceptors (Lipinski definition) is 6. The van der Waals surface area contributed by atoms with E-state index in [0.29, 0.717) is 5.69 Å². The molecule has 1 amide bonds. The third-order valence-electron chi connectivity index (χ3n) is 4.36. The van der Waals surface area contributed by atoms with Crippen molar-refractivity contribution in [2.45, 2.75) is 24.9 Å². The minimum Gasteiger partial charge on any atom is -0.366 e. The smallest absolute Gasteiger partial charge is 0.366 e. The van der Waals surface area contributed by atoms with Crippen LogP contribution in [0.15, 0.2) is 30.9 Å². The van der Waals surface area contributed by atoms with E-state index in [2.05, 4.69) is 25.0 Å². The SMILES string of the molecule is NC(=O)/C(=C/n1cnc(-c2cc(C3CC3)nc(C(F)(F)F)c2)n1)c1cnc(F)nc1. The van der Waals surface area contributed by atoms with Gasteiger partial charge in [-0.15, -0.1) is 5.10 Å². The predicted molar refractivity (Wildman–Crippen MR) is 95.6 cm³/mol. The summed E-state index contributed by atoms with van der Waals surface area (Å²) in [6, 6.07) is 2.40. The maximum atomic E-state index is 13.2. The molecule has 0 radical (unpaired) electrons. The third-order valence-corrected chi connectivity index (χ3v) is 4.36. The summed E-state index contributed by atoms with van der Waals surface area (Å²) in [5.41, 5.74) is 4.87. The molecular formula is C18H13F4N7O. The van der Waals surface area contributed by atoms with Gasteiger partial charge in [0, 0.05) is 41.3 Å². The van der Waals surface area contributed by atoms with E-state index in [4.69, 9.17) is 5.73 Å². The minimum absolute atomic E-state index is 0.00651. The van der Waals surface area contributed by atoms with Crippen molar-refractivity contribution in [3.05, 3.63) is 53.9 Å². The number of hydrogen-bond donors (Lipinski definition) is 1. The molecule has 1 aliphatic rings. The van der Waals surface area contributed by atoms with Crippen molar-refractivity contribution in [2.75, 3.05) is 0 Å². The lowest BCUT2D eigenvalue weighted by Gasteiger charge is -2.09. The molecular weight excluding hydrogens is 406 g/mol. The molecule has 1 fully saturated rings. The molecule has 3 heterocycles. The monoisotopic (exact) mass is 419 g/mol. The van der Waals surface area contributed by atoms with Crippen LogP contribution >= 0.6 is 0 Å². The lowest BCUT2D eigenvalue weighted by Crippen LogP contribution is -2.14. The summed E-state index contributed by atoms with van der Waals surface area (Å²) in [6.45, 7) is 0. The first-order valence-electron chi connectivity index (χ1n) is 8.71. The summed E-state index contributed by atoms with van der Waals surface area (Å²) in [6.07, 6.45) is 0.504. The van der Waals surface area contributed by atoms with Gasteiger partial charge in [-0.3, -0.25) is 4.79 Å². The van der Waals surface area contributed by atoms with Crippen molar-refractivity contribution >= 4 is 17.7 Å². The van der Waals surface area contributed by atoms with Gasteiger partial charge in [0.1, 0.15) is 12.0 Å². The fourth-order valence-electron chi connectivity index (χ4n) is 2.75. The Balaban J connectivity index is 1.71. The van der Waals surface area contributed by atoms with Gasteiger partial charge in [0.05, 0.1) is 5.57 Å². The molecule has 0 atom stereocenters. The summed E-state index contributed by atoms with van der Waals surface area (Å²) < 4.78 is 53.7. The van der Waals surface area contributed by atoms with Crippen LogP contribution in [-0.2, 0) is 11.0 Å². The van der Waals surface area contributed by atoms with E-state index in [1.165, 1.54) is 18.6 Å². The van der Waals surface area contributed by atoms with Crippen LogP contribution in [0.3, 0.4) is 0 Å². The first-order valence-corrected chi connectivity index (χ1v) is 8.71. The van der Waals surface area contributed by atoms with Gasteiger partial charge in [0.2, 0.25) is 0 Å². The Morgan fingerprint density at radius 2 is 1.87 bits per heavy atom. The maximum Gasteiger partial charge on any atom is 0.433 e. The topological polar surface area (TPSA) is 112 Å². The zero-order valence-electron chi connectivity index (χ0n) is 15.1. The Morgan fingerprint density at radius 3 is 2.47 bits per heavy atom. The molecule has 0 aliphatic heterocycles. The van der Waals surface area contributed by atoms with Gasteiger partial charge >= 0.3 is 12.3 Å². The molecule has 0 spiro atoms. The molecule has 0 aromatic carbocycles. The molecule has 0 saturated heterocycles. The minimum atomic E-state index is -4.61. The third kappa shape index (κ3) is 4.16. The highest BCUT2D eigenvalue weighted by Crippen LogP contribution is 2.41. The highest BCUT2D eigenvalue weighted by atomic mass is 19.4. The van der Waals surface area contributed by atoms with Gasteiger partial charge < -0.3 is 5.73 Å². The molecule has 2 N–H and O–H groups in total. The first kappa shape index (κ1) is 19.6. The molecule has 3 aromatic heterocycles. The van der Waals surface area contributed by atoms with E-state index < -0.39 is 23.9 Å². The molecule has 3 aromatic rings. The number of carbonyl (C=O) groups is 1. The van der Waals surface area contributed by atoms with Crippen LogP contribution in [0.25, 0.3) is 23.2 Å². The van der Waals surface area contributed by atoms with Gasteiger partial charge in [0.15, 0.2) is 5.82 Å². The van der Waals surface area contributed by atoms with E-state index >= 15 is 0 Å². The molecule has 0 bridgehead atoms. The van der Waals surface area contributed by atoms with Crippen molar-refractivity contribution < 1.29 is 22.4 Å². The number of halogens is 4. The quantitative estimate of drug-likeness (QED) is 0.387. The number of nitrogens with two attached hydrogens (primary N) is 1. The second-order valence-electron chi connectivity index (χ2n) is 6.63. The van der Waals surface area contributed by atoms with Crippen LogP contribution in [0, 0.1) is 6.08 Å². The fraction of sp³-hybridized carbons (Fsp3) is 0.222. The molecule has 12 heteroatoms. The summed E-state index contributed by atoms with van der Waals surface area (Å²) in [4.78, 5) is 26.2. The second-order valence-corrected chi connectivity index (χ2v) is 6.63. The molecule has 4 rings (SSSR count). The van der Waals surface area contributed by atoms with Crippen molar-refractivity contribution in [3.63, 3.8) is 0 Å². The summed E-state index contributed by atoms with van der Waals surface area (Å²) in [5, 5.41) is 4.10. The number of alkyl halides is 3. The van der Waals surface area contributed by atoms with Gasteiger partial charge in [-0.1, -0.05) is 0 Å². The van der Waals surface area contributed by atoms with E-state index in [-0.39, 0.29) is 28.4 Å². The zero-order valence-corrected chi connectivity index (χ0v) is 15.1. The predicted octanol–water partition coefficient (Wildman–Crippen LogP) is 2.65. The maximum absolute atomic E-state index is 13.2. The molecule has 0 unspecified atom stereocenters. The van der Waals surface area contributed by atoms with E-state index in [1.807, 2.05) is 0 Å². The first-order chi connectivity index (χ1) is 14.2. The Bertz CT molecular complexity index is 1130. The van der Waals surface area contributed by atoms with E-state index in [0.717, 1.165) is 36.0 Å². The molecule has 8 nitrogen and oxygen atoms in total. The van der Waals surface area contributed by atoms with Gasteiger partial charge in [-0.05, 0) is 25.0 Å². The zero-order chi connectivity index (χ0) is 21.5. The standard InChI is InChI=1S/C18H13F4N7O/c19-17-24-5-11(6-25-17)12(15(23)30)7-29-8-26-16(28-29)10-3-13(9-1-2-9)27-14(4-10)18(20,21)22/h3-9H,1-2H2,(H2,23,30)/b12-7+. The summed E-state index contributed by atoms with van der Waals surface area (Å²) in [5.74, 6) is -0.852. The molecule has 154 valence electrons. The Labute approximate surface area is 166 Å². The van der Waals surface area contributed by atoms with Crippen LogP contribution in [0.4, 0.5) is 17.6 Å². The number of primary amides is 1. The van der Waals surface area contributed by atoms with Crippen LogP contribution in [0.1, 0.15) is 35.7 Å². The molecule has 1 aliphatic carbocycles. The van der Waals surface area contributed by atoms with Crippen LogP contribution in [0.5, 0.6) is 0 Å². The average Bonchev–Trinajstić information content (AvgIpc) is 3.44. The Morgan fingerprint density at radius 1 is 1.17 bits per heavy atom. The van der Waals surface area contributed by atoms with E-state index in [1.54, 1.807) is 0 Å². The van der Waals surface area contributed by atoms with Gasteiger partial charge in [0.25, 0.3) is 5.91 Å². The van der Waals surface area contributed by atoms with Crippen molar-refractivity contribution in [3.8, 4) is 11.4 Å². The molecule has 30 heavy (non-hydrogen) atoms. The fourth-order valence-corrected chi connectivity index (χ4v) is 2.75. The number of nitrogens with zero attached hydrogens (tertiary/aromatic N) is 6. The van der Waals surface area contributed by atoms with Gasteiger partial charge in [-0.25, -0.2) is 24.6 Å². The lowest BCUT2D eigenvalue weighted by molar-refractivity contribution is -0.141. The van der Waals surface area contributed by atoms with Crippen LogP contribution in [-0.4, -0.2) is 35.6 Å². The van der Waals surface area contributed by atoms with Crippen molar-refractivity contribution in [1.82, 2.24) is 29.7 Å². The number of aromatic nitrogens is 6. The Kier molecular flexibility index (Phi) is 4.76. The number of amides is 1. The van der Waals surface area contributed by atoms with E-state index in [9.17, 15) is 22.4 Å². The van der Waals surface area contributed by atoms with Crippen molar-refractivity contribution in [2.24, 2.45) is 5.73 Å². The van der Waals surface area contributed by atoms with Gasteiger partial charge in [-0.2, -0.15) is 17.6 Å². The number of pyridine rings is 1. The number of carbonyl (C=O) groups excluding carboxylic acids is 1. The summed E-state index contributed by atoms with van der Waals surface area (Å²) >= 11 is 0. The average molecular weight is 419 g/mol. The summed E-state index contributed by atoms with van der Waals surface area (Å²) in [7, 11) is 0. The van der Waals surface area contributed by atoms with Crippen LogP contribution < -0.4 is 5.73 Å². The highest BCUT2D eigenvalue weighted by molar-refractivity contribution is 6.22. The molecule has 1 saturated carbocycles. The number of rotatable bonds is 5. The highest BCUT2D eigenvalue weighted by Gasteiger charge is 2.35. The Hall–Kier alpha value is -3.70. The van der Waals surface area contributed by atoms with Crippen molar-refractivity contribution in [1.29, 1.82) is 0 Å². The normalized spacial score (nSPS) is 14.7.